The summed E-state index contributed by atoms with van der Waals surface area (Å²) >= 11 is 0. The summed E-state index contributed by atoms with van der Waals surface area (Å²) in [5.41, 5.74) is 3.57. The Labute approximate surface area is 137 Å². The van der Waals surface area contributed by atoms with Gasteiger partial charge in [0.1, 0.15) is 0 Å². The lowest BCUT2D eigenvalue weighted by Gasteiger charge is -2.17. The SMILES string of the molecule is C=C/C=C(C=C)/C(=C(\B(O)O)c1ccccc1)c1ccccc1. The molecule has 0 bridgehead atoms. The van der Waals surface area contributed by atoms with Crippen LogP contribution < -0.4 is 0 Å². The highest BCUT2D eigenvalue weighted by atomic mass is 16.4. The lowest BCUT2D eigenvalue weighted by molar-refractivity contribution is 0.427. The van der Waals surface area contributed by atoms with Crippen LogP contribution in [0.15, 0.2) is 97.6 Å². The van der Waals surface area contributed by atoms with Crippen molar-refractivity contribution in [1.82, 2.24) is 0 Å². The van der Waals surface area contributed by atoms with Gasteiger partial charge in [0.05, 0.1) is 0 Å². The first-order chi connectivity index (χ1) is 11.2. The van der Waals surface area contributed by atoms with E-state index in [0.29, 0.717) is 5.47 Å². The molecule has 0 aliphatic carbocycles. The molecule has 0 saturated heterocycles. The minimum Gasteiger partial charge on any atom is -0.423 e. The minimum absolute atomic E-state index is 0.435. The summed E-state index contributed by atoms with van der Waals surface area (Å²) in [5, 5.41) is 20.0. The van der Waals surface area contributed by atoms with Crippen LogP contribution in [-0.2, 0) is 0 Å². The monoisotopic (exact) mass is 302 g/mol. The van der Waals surface area contributed by atoms with Crippen LogP contribution >= 0.6 is 0 Å². The molecular formula is C20H19BO2. The van der Waals surface area contributed by atoms with Gasteiger partial charge in [-0.25, -0.2) is 0 Å². The fourth-order valence-electron chi connectivity index (χ4n) is 2.50. The Morgan fingerprint density at radius 2 is 1.35 bits per heavy atom. The highest BCUT2D eigenvalue weighted by molar-refractivity contribution is 6.68. The molecule has 0 aliphatic rings. The summed E-state index contributed by atoms with van der Waals surface area (Å²) in [6.07, 6.45) is 5.16. The van der Waals surface area contributed by atoms with E-state index < -0.39 is 7.12 Å². The smallest absolute Gasteiger partial charge is 0.423 e. The maximum Gasteiger partial charge on any atom is 0.489 e. The predicted molar refractivity (Wildman–Crippen MR) is 98.4 cm³/mol. The lowest BCUT2D eigenvalue weighted by atomic mass is 9.69. The Morgan fingerprint density at radius 1 is 0.826 bits per heavy atom. The molecule has 0 heterocycles. The highest BCUT2D eigenvalue weighted by Gasteiger charge is 2.23. The molecule has 0 aromatic heterocycles. The molecule has 2 rings (SSSR count). The van der Waals surface area contributed by atoms with Crippen molar-refractivity contribution < 1.29 is 10.0 Å². The summed E-state index contributed by atoms with van der Waals surface area (Å²) in [4.78, 5) is 0. The Morgan fingerprint density at radius 3 is 1.78 bits per heavy atom. The minimum atomic E-state index is -1.61. The molecule has 2 nitrogen and oxygen atoms in total. The maximum atomic E-state index is 10.0. The largest absolute Gasteiger partial charge is 0.489 e. The van der Waals surface area contributed by atoms with Crippen molar-refractivity contribution in [2.75, 3.05) is 0 Å². The van der Waals surface area contributed by atoms with Crippen LogP contribution in [0.4, 0.5) is 0 Å². The Balaban J connectivity index is 2.83. The molecule has 23 heavy (non-hydrogen) atoms. The van der Waals surface area contributed by atoms with Crippen LogP contribution in [0.5, 0.6) is 0 Å². The molecule has 0 atom stereocenters. The van der Waals surface area contributed by atoms with Gasteiger partial charge in [-0.2, -0.15) is 0 Å². The van der Waals surface area contributed by atoms with Crippen molar-refractivity contribution in [2.24, 2.45) is 0 Å². The summed E-state index contributed by atoms with van der Waals surface area (Å²) in [5.74, 6) is 0. The second-order valence-electron chi connectivity index (χ2n) is 4.96. The van der Waals surface area contributed by atoms with Gasteiger partial charge < -0.3 is 10.0 Å². The number of hydrogen-bond donors (Lipinski definition) is 2. The van der Waals surface area contributed by atoms with Gasteiger partial charge in [0.15, 0.2) is 0 Å². The predicted octanol–water partition coefficient (Wildman–Crippen LogP) is 3.91. The van der Waals surface area contributed by atoms with Crippen LogP contribution in [-0.4, -0.2) is 17.2 Å². The normalized spacial score (nSPS) is 12.3. The third-order valence-electron chi connectivity index (χ3n) is 3.48. The zero-order chi connectivity index (χ0) is 16.7. The van der Waals surface area contributed by atoms with Crippen molar-refractivity contribution in [3.8, 4) is 0 Å². The summed E-state index contributed by atoms with van der Waals surface area (Å²) in [6.45, 7) is 7.58. The molecule has 0 radical (unpaired) electrons. The number of rotatable bonds is 6. The Kier molecular flexibility index (Phi) is 5.92. The van der Waals surface area contributed by atoms with E-state index in [9.17, 15) is 10.0 Å². The Bertz CT molecular complexity index is 729. The van der Waals surface area contributed by atoms with Crippen LogP contribution in [0.2, 0.25) is 0 Å². The molecule has 3 heteroatoms. The van der Waals surface area contributed by atoms with Gasteiger partial charge in [0, 0.05) is 0 Å². The van der Waals surface area contributed by atoms with Gasteiger partial charge in [-0.05, 0) is 27.7 Å². The van der Waals surface area contributed by atoms with Crippen molar-refractivity contribution in [2.45, 2.75) is 0 Å². The Hall–Kier alpha value is -2.62. The molecule has 0 fully saturated rings. The second-order valence-corrected chi connectivity index (χ2v) is 4.96. The molecule has 2 N–H and O–H groups in total. The first-order valence-electron chi connectivity index (χ1n) is 7.35. The van der Waals surface area contributed by atoms with E-state index in [0.717, 1.165) is 22.3 Å². The van der Waals surface area contributed by atoms with E-state index in [1.54, 1.807) is 18.2 Å². The third kappa shape index (κ3) is 3.98. The fourth-order valence-corrected chi connectivity index (χ4v) is 2.50. The molecule has 114 valence electrons. The van der Waals surface area contributed by atoms with Gasteiger partial charge in [-0.1, -0.05) is 92.0 Å². The van der Waals surface area contributed by atoms with Crippen LogP contribution in [0, 0.1) is 0 Å². The quantitative estimate of drug-likeness (QED) is 0.482. The van der Waals surface area contributed by atoms with Crippen molar-refractivity contribution in [3.63, 3.8) is 0 Å². The molecule has 0 aliphatic heterocycles. The molecule has 0 spiro atoms. The lowest BCUT2D eigenvalue weighted by Crippen LogP contribution is -2.17. The van der Waals surface area contributed by atoms with Gasteiger partial charge >= 0.3 is 7.12 Å². The summed E-state index contributed by atoms with van der Waals surface area (Å²) < 4.78 is 0. The second kappa shape index (κ2) is 8.13. The molecule has 2 aromatic rings. The van der Waals surface area contributed by atoms with E-state index in [4.69, 9.17) is 0 Å². The van der Waals surface area contributed by atoms with E-state index in [-0.39, 0.29) is 0 Å². The van der Waals surface area contributed by atoms with Gasteiger partial charge in [0.25, 0.3) is 0 Å². The van der Waals surface area contributed by atoms with E-state index >= 15 is 0 Å². The highest BCUT2D eigenvalue weighted by Crippen LogP contribution is 2.33. The van der Waals surface area contributed by atoms with Gasteiger partial charge in [0.2, 0.25) is 0 Å². The first-order valence-corrected chi connectivity index (χ1v) is 7.35. The molecule has 0 saturated carbocycles. The summed E-state index contributed by atoms with van der Waals surface area (Å²) in [6, 6.07) is 18.9. The third-order valence-corrected chi connectivity index (χ3v) is 3.48. The molecule has 0 unspecified atom stereocenters. The number of benzene rings is 2. The molecule has 0 amide bonds. The van der Waals surface area contributed by atoms with E-state index in [1.807, 2.05) is 60.7 Å². The summed E-state index contributed by atoms with van der Waals surface area (Å²) in [7, 11) is -1.61. The van der Waals surface area contributed by atoms with Gasteiger partial charge in [-0.15, -0.1) is 0 Å². The zero-order valence-corrected chi connectivity index (χ0v) is 12.9. The topological polar surface area (TPSA) is 40.5 Å². The standard InChI is InChI=1S/C20H19BO2/c1-3-11-16(4-2)19(17-12-7-5-8-13-17)20(21(22)23)18-14-9-6-10-15-18/h3-15,22-23H,1-2H2/b16-11+,20-19+. The maximum absolute atomic E-state index is 10.0. The number of hydrogen-bond acceptors (Lipinski definition) is 2. The van der Waals surface area contributed by atoms with Crippen molar-refractivity contribution >= 4 is 18.2 Å². The van der Waals surface area contributed by atoms with E-state index in [2.05, 4.69) is 13.2 Å². The van der Waals surface area contributed by atoms with Crippen LogP contribution in [0.25, 0.3) is 11.0 Å². The molecule has 2 aromatic carbocycles. The molecular weight excluding hydrogens is 283 g/mol. The van der Waals surface area contributed by atoms with Crippen LogP contribution in [0.3, 0.4) is 0 Å². The fraction of sp³-hybridized carbons (Fsp3) is 0. The average Bonchev–Trinajstić information content (AvgIpc) is 2.59. The first kappa shape index (κ1) is 16.8. The van der Waals surface area contributed by atoms with Crippen molar-refractivity contribution in [3.05, 3.63) is 109 Å². The zero-order valence-electron chi connectivity index (χ0n) is 12.9. The van der Waals surface area contributed by atoms with Gasteiger partial charge in [-0.3, -0.25) is 0 Å². The average molecular weight is 302 g/mol. The van der Waals surface area contributed by atoms with Crippen molar-refractivity contribution in [1.29, 1.82) is 0 Å². The van der Waals surface area contributed by atoms with E-state index in [1.165, 1.54) is 0 Å². The number of allylic oxidation sites excluding steroid dienone is 5. The van der Waals surface area contributed by atoms with Crippen LogP contribution in [0.1, 0.15) is 11.1 Å².